The SMILES string of the molecule is Nc1nc(=O)cc(-c2cccc(-c3ccsc3)c2-c2ccsc2)o1. The second-order valence-electron chi connectivity index (χ2n) is 5.15. The summed E-state index contributed by atoms with van der Waals surface area (Å²) >= 11 is 3.27. The Morgan fingerprint density at radius 2 is 1.67 bits per heavy atom. The Bertz CT molecular complexity index is 1040. The van der Waals surface area contributed by atoms with Crippen LogP contribution in [0.1, 0.15) is 0 Å². The van der Waals surface area contributed by atoms with E-state index in [1.165, 1.54) is 6.07 Å². The third kappa shape index (κ3) is 2.66. The van der Waals surface area contributed by atoms with Crippen LogP contribution in [0.15, 0.2) is 67.1 Å². The van der Waals surface area contributed by atoms with Crippen LogP contribution in [0.2, 0.25) is 0 Å². The molecule has 2 N–H and O–H groups in total. The summed E-state index contributed by atoms with van der Waals surface area (Å²) in [6.07, 6.45) is 0. The van der Waals surface area contributed by atoms with Crippen LogP contribution in [-0.4, -0.2) is 4.98 Å². The molecule has 0 radical (unpaired) electrons. The van der Waals surface area contributed by atoms with Crippen LogP contribution in [0.5, 0.6) is 0 Å². The lowest BCUT2D eigenvalue weighted by Gasteiger charge is -2.13. The molecule has 1 aromatic carbocycles. The molecule has 6 heteroatoms. The first-order valence-electron chi connectivity index (χ1n) is 7.18. The summed E-state index contributed by atoms with van der Waals surface area (Å²) in [5, 5.41) is 8.26. The average Bonchev–Trinajstić information content (AvgIpc) is 3.27. The number of benzene rings is 1. The van der Waals surface area contributed by atoms with Gasteiger partial charge in [-0.15, -0.1) is 0 Å². The molecule has 0 aliphatic rings. The van der Waals surface area contributed by atoms with Gasteiger partial charge in [-0.3, -0.25) is 4.79 Å². The van der Waals surface area contributed by atoms with E-state index in [9.17, 15) is 4.79 Å². The van der Waals surface area contributed by atoms with E-state index in [4.69, 9.17) is 10.2 Å². The van der Waals surface area contributed by atoms with Crippen molar-refractivity contribution in [2.24, 2.45) is 0 Å². The lowest BCUT2D eigenvalue weighted by atomic mass is 9.92. The van der Waals surface area contributed by atoms with Crippen molar-refractivity contribution >= 4 is 28.7 Å². The van der Waals surface area contributed by atoms with Gasteiger partial charge in [0.15, 0.2) is 0 Å². The van der Waals surface area contributed by atoms with Crippen molar-refractivity contribution in [1.82, 2.24) is 4.98 Å². The van der Waals surface area contributed by atoms with E-state index >= 15 is 0 Å². The zero-order chi connectivity index (χ0) is 16.5. The number of hydrogen-bond acceptors (Lipinski definition) is 6. The van der Waals surface area contributed by atoms with Crippen molar-refractivity contribution in [3.8, 4) is 33.6 Å². The minimum Gasteiger partial charge on any atom is -0.425 e. The third-order valence-corrected chi connectivity index (χ3v) is 5.03. The van der Waals surface area contributed by atoms with Crippen molar-refractivity contribution < 1.29 is 4.42 Å². The summed E-state index contributed by atoms with van der Waals surface area (Å²) in [7, 11) is 0. The van der Waals surface area contributed by atoms with Gasteiger partial charge in [0.05, 0.1) is 0 Å². The minimum atomic E-state index is -0.411. The molecule has 0 amide bonds. The summed E-state index contributed by atoms with van der Waals surface area (Å²) in [5.74, 6) is 0.422. The Labute approximate surface area is 145 Å². The van der Waals surface area contributed by atoms with Gasteiger partial charge in [-0.25, -0.2) is 0 Å². The molecule has 0 bridgehead atoms. The van der Waals surface area contributed by atoms with Crippen LogP contribution in [-0.2, 0) is 0 Å². The molecular formula is C18H12N2O2S2. The van der Waals surface area contributed by atoms with Gasteiger partial charge in [-0.2, -0.15) is 27.7 Å². The van der Waals surface area contributed by atoms with Crippen molar-refractivity contribution in [1.29, 1.82) is 0 Å². The van der Waals surface area contributed by atoms with Gasteiger partial charge in [0.1, 0.15) is 5.76 Å². The Hall–Kier alpha value is -2.70. The number of nitrogens with two attached hydrogens (primary N) is 1. The molecule has 4 rings (SSSR count). The summed E-state index contributed by atoms with van der Waals surface area (Å²) in [6, 6.07) is 11.3. The molecule has 24 heavy (non-hydrogen) atoms. The van der Waals surface area contributed by atoms with Crippen LogP contribution >= 0.6 is 22.7 Å². The van der Waals surface area contributed by atoms with E-state index in [-0.39, 0.29) is 6.01 Å². The highest BCUT2D eigenvalue weighted by atomic mass is 32.1. The fourth-order valence-corrected chi connectivity index (χ4v) is 3.99. The van der Waals surface area contributed by atoms with E-state index in [2.05, 4.69) is 33.9 Å². The van der Waals surface area contributed by atoms with Gasteiger partial charge < -0.3 is 10.2 Å². The highest BCUT2D eigenvalue weighted by Gasteiger charge is 2.17. The number of nitrogens with zero attached hydrogens (tertiary/aromatic N) is 1. The fraction of sp³-hybridized carbons (Fsp3) is 0. The maximum absolute atomic E-state index is 11.7. The molecule has 3 aromatic heterocycles. The van der Waals surface area contributed by atoms with Gasteiger partial charge in [0.25, 0.3) is 11.6 Å². The summed E-state index contributed by atoms with van der Waals surface area (Å²) in [6.45, 7) is 0. The Kier molecular flexibility index (Phi) is 3.76. The predicted molar refractivity (Wildman–Crippen MR) is 99.2 cm³/mol. The quantitative estimate of drug-likeness (QED) is 0.578. The molecule has 118 valence electrons. The maximum Gasteiger partial charge on any atom is 0.295 e. The molecule has 0 atom stereocenters. The van der Waals surface area contributed by atoms with Gasteiger partial charge >= 0.3 is 0 Å². The Morgan fingerprint density at radius 3 is 2.33 bits per heavy atom. The molecular weight excluding hydrogens is 340 g/mol. The molecule has 0 unspecified atom stereocenters. The summed E-state index contributed by atoms with van der Waals surface area (Å²) in [4.78, 5) is 15.3. The van der Waals surface area contributed by atoms with E-state index in [0.717, 1.165) is 27.8 Å². The predicted octanol–water partition coefficient (Wildman–Crippen LogP) is 4.74. The first-order valence-corrected chi connectivity index (χ1v) is 9.07. The van der Waals surface area contributed by atoms with E-state index in [0.29, 0.717) is 5.76 Å². The molecule has 0 saturated carbocycles. The zero-order valence-corrected chi connectivity index (χ0v) is 14.1. The Morgan fingerprint density at radius 1 is 0.958 bits per heavy atom. The first-order chi connectivity index (χ1) is 11.7. The van der Waals surface area contributed by atoms with Crippen LogP contribution < -0.4 is 11.3 Å². The Balaban J connectivity index is 2.04. The number of nitrogen functional groups attached to an aromatic ring is 1. The van der Waals surface area contributed by atoms with E-state index in [1.807, 2.05) is 22.9 Å². The van der Waals surface area contributed by atoms with Crippen molar-refractivity contribution in [2.45, 2.75) is 0 Å². The highest BCUT2D eigenvalue weighted by molar-refractivity contribution is 7.08. The fourth-order valence-electron chi connectivity index (χ4n) is 2.68. The monoisotopic (exact) mass is 352 g/mol. The van der Waals surface area contributed by atoms with Crippen LogP contribution in [0.4, 0.5) is 6.01 Å². The minimum absolute atomic E-state index is 0.130. The smallest absolute Gasteiger partial charge is 0.295 e. The number of thiophene rings is 2. The van der Waals surface area contributed by atoms with Gasteiger partial charge in [-0.05, 0) is 50.3 Å². The summed E-state index contributed by atoms with van der Waals surface area (Å²) in [5.41, 5.74) is 10.4. The van der Waals surface area contributed by atoms with Crippen LogP contribution in [0, 0.1) is 0 Å². The molecule has 0 saturated heterocycles. The molecule has 3 heterocycles. The zero-order valence-electron chi connectivity index (χ0n) is 12.4. The summed E-state index contributed by atoms with van der Waals surface area (Å²) < 4.78 is 5.53. The first kappa shape index (κ1) is 14.9. The molecule has 0 spiro atoms. The lowest BCUT2D eigenvalue weighted by molar-refractivity contribution is 0.564. The van der Waals surface area contributed by atoms with Crippen molar-refractivity contribution in [3.05, 3.63) is 68.3 Å². The van der Waals surface area contributed by atoms with Crippen molar-refractivity contribution in [2.75, 3.05) is 5.73 Å². The molecule has 4 nitrogen and oxygen atoms in total. The average molecular weight is 352 g/mol. The number of hydrogen-bond donors (Lipinski definition) is 1. The van der Waals surface area contributed by atoms with Crippen molar-refractivity contribution in [3.63, 3.8) is 0 Å². The number of anilines is 1. The second-order valence-corrected chi connectivity index (χ2v) is 6.71. The maximum atomic E-state index is 11.7. The van der Waals surface area contributed by atoms with E-state index in [1.54, 1.807) is 22.7 Å². The second kappa shape index (κ2) is 6.07. The highest BCUT2D eigenvalue weighted by Crippen LogP contribution is 2.41. The van der Waals surface area contributed by atoms with Gasteiger partial charge in [0, 0.05) is 17.2 Å². The number of aromatic nitrogens is 1. The lowest BCUT2D eigenvalue weighted by Crippen LogP contribution is -2.07. The standard InChI is InChI=1S/C18H12N2O2S2/c19-18-20-16(21)8-15(22-18)14-3-1-2-13(11-4-6-23-9-11)17(14)12-5-7-24-10-12/h1-10H,(H2,19,20,21). The van der Waals surface area contributed by atoms with Gasteiger partial charge in [0.2, 0.25) is 0 Å². The topological polar surface area (TPSA) is 69.1 Å². The molecule has 0 aliphatic carbocycles. The normalized spacial score (nSPS) is 10.8. The largest absolute Gasteiger partial charge is 0.425 e. The van der Waals surface area contributed by atoms with E-state index < -0.39 is 5.56 Å². The molecule has 4 aromatic rings. The third-order valence-electron chi connectivity index (χ3n) is 3.66. The van der Waals surface area contributed by atoms with Crippen LogP contribution in [0.3, 0.4) is 0 Å². The molecule has 0 aliphatic heterocycles. The molecule has 0 fully saturated rings. The van der Waals surface area contributed by atoms with Gasteiger partial charge in [-0.1, -0.05) is 18.2 Å². The number of rotatable bonds is 3. The van der Waals surface area contributed by atoms with Crippen LogP contribution in [0.25, 0.3) is 33.6 Å².